The third-order valence-corrected chi connectivity index (χ3v) is 10.3. The van der Waals surface area contributed by atoms with Crippen LogP contribution >= 0.6 is 0 Å². The van der Waals surface area contributed by atoms with Crippen LogP contribution in [0, 0.1) is 0 Å². The Balaban J connectivity index is 1.24. The average Bonchev–Trinajstić information content (AvgIpc) is 3.66. The topological polar surface area (TPSA) is 13.1 Å². The predicted octanol–water partition coefficient (Wildman–Crippen LogP) is 14.4. The Bertz CT molecular complexity index is 3580. The summed E-state index contributed by atoms with van der Waals surface area (Å²) < 4.78 is 79.5. The van der Waals surface area contributed by atoms with Gasteiger partial charge in [-0.3, -0.25) is 0 Å². The Labute approximate surface area is 305 Å². The summed E-state index contributed by atoms with van der Waals surface area (Å²) in [5.41, 5.74) is 5.42. The summed E-state index contributed by atoms with van der Waals surface area (Å²) in [6.45, 7) is 0. The van der Waals surface area contributed by atoms with Gasteiger partial charge in [0.25, 0.3) is 0 Å². The first-order chi connectivity index (χ1) is 28.6. The molecule has 1 heterocycles. The molecular formula is C50H30O. The van der Waals surface area contributed by atoms with Crippen molar-refractivity contribution in [2.45, 2.75) is 0 Å². The van der Waals surface area contributed by atoms with E-state index in [9.17, 15) is 5.48 Å². The van der Waals surface area contributed by atoms with E-state index < -0.39 is 24.2 Å². The van der Waals surface area contributed by atoms with Gasteiger partial charge in [0.15, 0.2) is 0 Å². The first-order valence-electron chi connectivity index (χ1n) is 20.9. The Morgan fingerprint density at radius 3 is 1.55 bits per heavy atom. The zero-order valence-electron chi connectivity index (χ0n) is 35.1. The van der Waals surface area contributed by atoms with Crippen molar-refractivity contribution in [3.63, 3.8) is 0 Å². The minimum absolute atomic E-state index is 0.192. The zero-order chi connectivity index (χ0) is 40.4. The van der Waals surface area contributed by atoms with Crippen LogP contribution in [-0.4, -0.2) is 0 Å². The van der Waals surface area contributed by atoms with Gasteiger partial charge in [0, 0.05) is 10.8 Å². The van der Waals surface area contributed by atoms with Gasteiger partial charge in [-0.1, -0.05) is 158 Å². The molecule has 11 aromatic rings. The van der Waals surface area contributed by atoms with E-state index in [1.807, 2.05) is 103 Å². The summed E-state index contributed by atoms with van der Waals surface area (Å²) in [4.78, 5) is 0. The van der Waals surface area contributed by atoms with Gasteiger partial charge in [-0.25, -0.2) is 0 Å². The van der Waals surface area contributed by atoms with Gasteiger partial charge in [0.05, 0.1) is 11.0 Å². The normalized spacial score (nSPS) is 14.1. The first-order valence-corrected chi connectivity index (χ1v) is 16.9. The molecule has 10 aromatic carbocycles. The molecule has 1 nitrogen and oxygen atoms in total. The first kappa shape index (κ1) is 21.4. The van der Waals surface area contributed by atoms with Crippen LogP contribution in [0.5, 0.6) is 0 Å². The highest BCUT2D eigenvalue weighted by Crippen LogP contribution is 2.47. The number of hydrogen-bond acceptors (Lipinski definition) is 1. The zero-order valence-corrected chi connectivity index (χ0v) is 27.1. The van der Waals surface area contributed by atoms with Gasteiger partial charge < -0.3 is 4.42 Å². The summed E-state index contributed by atoms with van der Waals surface area (Å²) >= 11 is 0. The molecule has 0 spiro atoms. The van der Waals surface area contributed by atoms with E-state index >= 15 is 0 Å². The van der Waals surface area contributed by atoms with Gasteiger partial charge in [-0.2, -0.15) is 0 Å². The van der Waals surface area contributed by atoms with E-state index in [0.717, 1.165) is 65.4 Å². The highest BCUT2D eigenvalue weighted by Gasteiger charge is 2.19. The lowest BCUT2D eigenvalue weighted by molar-refractivity contribution is 0.669. The van der Waals surface area contributed by atoms with Crippen molar-refractivity contribution in [2.75, 3.05) is 0 Å². The molecule has 0 aliphatic rings. The molecule has 0 aliphatic carbocycles. The molecule has 1 heteroatoms. The van der Waals surface area contributed by atoms with Gasteiger partial charge >= 0.3 is 0 Å². The summed E-state index contributed by atoms with van der Waals surface area (Å²) in [7, 11) is 0. The van der Waals surface area contributed by atoms with Crippen molar-refractivity contribution in [3.05, 3.63) is 182 Å². The molecule has 0 bridgehead atoms. The lowest BCUT2D eigenvalue weighted by Gasteiger charge is -2.19. The smallest absolute Gasteiger partial charge is 0.136 e. The van der Waals surface area contributed by atoms with Crippen LogP contribution in [0.15, 0.2) is 186 Å². The summed E-state index contributed by atoms with van der Waals surface area (Å²) in [5, 5.41) is 8.38. The van der Waals surface area contributed by atoms with Gasteiger partial charge in [-0.15, -0.1) is 0 Å². The van der Waals surface area contributed by atoms with Crippen LogP contribution in [0.4, 0.5) is 0 Å². The Morgan fingerprint density at radius 1 is 0.353 bits per heavy atom. The molecule has 51 heavy (non-hydrogen) atoms. The fourth-order valence-corrected chi connectivity index (χ4v) is 8.02. The van der Waals surface area contributed by atoms with Crippen molar-refractivity contribution in [1.29, 1.82) is 0 Å². The van der Waals surface area contributed by atoms with Gasteiger partial charge in [0.1, 0.15) is 11.2 Å². The minimum atomic E-state index is -0.426. The van der Waals surface area contributed by atoms with E-state index in [2.05, 4.69) is 30.3 Å². The molecule has 0 saturated heterocycles. The van der Waals surface area contributed by atoms with E-state index in [-0.39, 0.29) is 45.7 Å². The lowest BCUT2D eigenvalue weighted by atomic mass is 9.83. The molecule has 0 atom stereocenters. The minimum Gasteiger partial charge on any atom is -0.456 e. The van der Waals surface area contributed by atoms with E-state index in [1.54, 1.807) is 0 Å². The molecule has 236 valence electrons. The van der Waals surface area contributed by atoms with Gasteiger partial charge in [-0.05, 0) is 112 Å². The monoisotopic (exact) mass is 654 g/mol. The molecule has 0 radical (unpaired) electrons. The Morgan fingerprint density at radius 2 is 0.863 bits per heavy atom. The molecule has 0 N–H and O–H groups in total. The van der Waals surface area contributed by atoms with Gasteiger partial charge in [0.2, 0.25) is 0 Å². The van der Waals surface area contributed by atoms with Crippen molar-refractivity contribution >= 4 is 75.8 Å². The van der Waals surface area contributed by atoms with Crippen molar-refractivity contribution in [1.82, 2.24) is 0 Å². The molecule has 1 aromatic heterocycles. The van der Waals surface area contributed by atoms with E-state index in [0.29, 0.717) is 22.3 Å². The van der Waals surface area contributed by atoms with Crippen LogP contribution in [0.1, 0.15) is 11.0 Å². The maximum atomic E-state index is 9.46. The highest BCUT2D eigenvalue weighted by atomic mass is 16.3. The van der Waals surface area contributed by atoms with Crippen molar-refractivity contribution < 1.29 is 15.4 Å². The second-order valence-corrected chi connectivity index (χ2v) is 13.0. The molecule has 11 rings (SSSR count). The SMILES string of the molecule is [2H]c1c([2H])c([2H])c2c(-c3cccc4cc(-c5ccc6oc7ccc8ccccc8c7c6c5)ccc34)c3c([2H])c([2H])c([2H])c([2H])c3c(-c3cccc4ccccc34)c2c1[2H]. The largest absolute Gasteiger partial charge is 0.456 e. The quantitative estimate of drug-likeness (QED) is 0.173. The number of benzene rings is 10. The van der Waals surface area contributed by atoms with Crippen molar-refractivity contribution in [3.8, 4) is 33.4 Å². The number of fused-ring (bicyclic) bond motifs is 9. The molecule has 0 unspecified atom stereocenters. The maximum absolute atomic E-state index is 9.46. The average molecular weight is 655 g/mol. The molecule has 0 saturated carbocycles. The second-order valence-electron chi connectivity index (χ2n) is 13.0. The number of hydrogen-bond donors (Lipinski definition) is 0. The number of furan rings is 1. The van der Waals surface area contributed by atoms with Crippen LogP contribution < -0.4 is 0 Å². The van der Waals surface area contributed by atoms with E-state index in [4.69, 9.17) is 9.90 Å². The molecular weight excluding hydrogens is 617 g/mol. The fraction of sp³-hybridized carbons (Fsp3) is 0. The lowest BCUT2D eigenvalue weighted by Crippen LogP contribution is -1.92. The fourth-order valence-electron chi connectivity index (χ4n) is 8.02. The van der Waals surface area contributed by atoms with Crippen LogP contribution in [0.25, 0.3) is 109 Å². The van der Waals surface area contributed by atoms with Crippen LogP contribution in [-0.2, 0) is 0 Å². The van der Waals surface area contributed by atoms with Crippen LogP contribution in [0.2, 0.25) is 0 Å². The molecule has 0 amide bonds. The third kappa shape index (κ3) is 4.22. The Kier molecular flexibility index (Phi) is 4.57. The molecule has 0 fully saturated rings. The Hall–Kier alpha value is -6.70. The second kappa shape index (κ2) is 10.9. The maximum Gasteiger partial charge on any atom is 0.136 e. The number of rotatable bonds is 3. The predicted molar refractivity (Wildman–Crippen MR) is 218 cm³/mol. The summed E-state index contributed by atoms with van der Waals surface area (Å²) in [6, 6.07) is 40.9. The summed E-state index contributed by atoms with van der Waals surface area (Å²) in [5.74, 6) is 0. The highest BCUT2D eigenvalue weighted by molar-refractivity contribution is 6.25. The molecule has 0 aliphatic heterocycles. The van der Waals surface area contributed by atoms with E-state index in [1.165, 1.54) is 0 Å². The standard InChI is InChI=1S/C50H30O/c1-3-15-36-31(11-1)13-9-21-39(36)48-41-17-5-7-19-43(41)49(44-20-8-6-18-42(44)48)40-22-10-14-35-29-33(23-26-37(35)40)34-25-27-46-45(30-34)50-38-16-4-2-12-32(38)24-28-47(50)51-46/h1-30H/i5D,6D,7D,8D,17D,18D,19D,20D. The van der Waals surface area contributed by atoms with Crippen LogP contribution in [0.3, 0.4) is 0 Å². The third-order valence-electron chi connectivity index (χ3n) is 10.3. The summed E-state index contributed by atoms with van der Waals surface area (Å²) in [6.07, 6.45) is 0. The van der Waals surface area contributed by atoms with Crippen molar-refractivity contribution in [2.24, 2.45) is 0 Å².